The van der Waals surface area contributed by atoms with Crippen LogP contribution in [-0.4, -0.2) is 0 Å². The Balaban J connectivity index is 2.89. The van der Waals surface area contributed by atoms with Crippen LogP contribution in [0.15, 0.2) is 24.3 Å². The van der Waals surface area contributed by atoms with Gasteiger partial charge in [0.25, 0.3) is 0 Å². The van der Waals surface area contributed by atoms with Crippen LogP contribution in [0.5, 0.6) is 0 Å². The van der Waals surface area contributed by atoms with Crippen molar-refractivity contribution in [3.8, 4) is 12.1 Å². The first-order valence-corrected chi connectivity index (χ1v) is 3.90. The molecule has 0 saturated heterocycles. The summed E-state index contributed by atoms with van der Waals surface area (Å²) in [6.07, 6.45) is 0.223. The number of nitrogen functional groups attached to an aromatic ring is 1. The molecule has 13 heavy (non-hydrogen) atoms. The van der Waals surface area contributed by atoms with Crippen LogP contribution in [0.25, 0.3) is 0 Å². The Morgan fingerprint density at radius 1 is 1.23 bits per heavy atom. The van der Waals surface area contributed by atoms with Crippen molar-refractivity contribution < 1.29 is 0 Å². The average molecular weight is 171 g/mol. The van der Waals surface area contributed by atoms with E-state index in [0.29, 0.717) is 5.69 Å². The lowest BCUT2D eigenvalue weighted by Crippen LogP contribution is -1.94. The predicted molar refractivity (Wildman–Crippen MR) is 49.4 cm³/mol. The number of nitrogens with zero attached hydrogens (tertiary/aromatic N) is 2. The molecule has 0 fully saturated rings. The number of nitrogens with two attached hydrogens (primary N) is 1. The molecule has 64 valence electrons. The Morgan fingerprint density at radius 3 is 2.31 bits per heavy atom. The standard InChI is InChI=1S/C10H9N3/c11-6-5-9(7-12)8-1-3-10(13)4-2-8/h1-4,9H,5,13H2. The summed E-state index contributed by atoms with van der Waals surface area (Å²) in [5, 5.41) is 17.2. The van der Waals surface area contributed by atoms with Gasteiger partial charge < -0.3 is 5.73 Å². The second kappa shape index (κ2) is 4.13. The summed E-state index contributed by atoms with van der Waals surface area (Å²) in [5.74, 6) is -0.342. The van der Waals surface area contributed by atoms with Gasteiger partial charge in [-0.3, -0.25) is 0 Å². The van der Waals surface area contributed by atoms with Gasteiger partial charge in [-0.1, -0.05) is 12.1 Å². The molecule has 0 heterocycles. The summed E-state index contributed by atoms with van der Waals surface area (Å²) in [6.45, 7) is 0. The molecule has 0 radical (unpaired) electrons. The maximum atomic E-state index is 8.75. The van der Waals surface area contributed by atoms with Crippen LogP contribution in [0.2, 0.25) is 0 Å². The zero-order valence-corrected chi connectivity index (χ0v) is 7.07. The van der Waals surface area contributed by atoms with Gasteiger partial charge in [0.05, 0.1) is 24.5 Å². The predicted octanol–water partition coefficient (Wildman–Crippen LogP) is 1.79. The molecule has 2 N–H and O–H groups in total. The van der Waals surface area contributed by atoms with Crippen LogP contribution in [0, 0.1) is 22.7 Å². The van der Waals surface area contributed by atoms with Gasteiger partial charge in [0, 0.05) is 5.69 Å². The highest BCUT2D eigenvalue weighted by atomic mass is 14.5. The summed E-state index contributed by atoms with van der Waals surface area (Å²) < 4.78 is 0. The lowest BCUT2D eigenvalue weighted by molar-refractivity contribution is 0.887. The van der Waals surface area contributed by atoms with Gasteiger partial charge >= 0.3 is 0 Å². The van der Waals surface area contributed by atoms with Crippen molar-refractivity contribution in [3.63, 3.8) is 0 Å². The second-order valence-corrected chi connectivity index (χ2v) is 2.71. The first-order chi connectivity index (χ1) is 6.27. The molecule has 3 nitrogen and oxygen atoms in total. The molecule has 0 amide bonds. The quantitative estimate of drug-likeness (QED) is 0.689. The van der Waals surface area contributed by atoms with Crippen molar-refractivity contribution >= 4 is 5.69 Å². The lowest BCUT2D eigenvalue weighted by Gasteiger charge is -2.04. The van der Waals surface area contributed by atoms with E-state index in [9.17, 15) is 0 Å². The molecule has 3 heteroatoms. The molecule has 1 atom stereocenters. The van der Waals surface area contributed by atoms with E-state index in [2.05, 4.69) is 6.07 Å². The number of benzene rings is 1. The van der Waals surface area contributed by atoms with Crippen LogP contribution in [0.4, 0.5) is 5.69 Å². The molecule has 1 unspecified atom stereocenters. The third-order valence-electron chi connectivity index (χ3n) is 1.79. The smallest absolute Gasteiger partial charge is 0.0842 e. The fraction of sp³-hybridized carbons (Fsp3) is 0.200. The summed E-state index contributed by atoms with van der Waals surface area (Å²) >= 11 is 0. The van der Waals surface area contributed by atoms with E-state index in [0.717, 1.165) is 5.56 Å². The van der Waals surface area contributed by atoms with Gasteiger partial charge in [-0.15, -0.1) is 0 Å². The highest BCUT2D eigenvalue weighted by Crippen LogP contribution is 2.19. The van der Waals surface area contributed by atoms with Gasteiger partial charge in [0.1, 0.15) is 0 Å². The molecule has 0 aliphatic heterocycles. The molecule has 0 aliphatic carbocycles. The maximum Gasteiger partial charge on any atom is 0.0842 e. The summed E-state index contributed by atoms with van der Waals surface area (Å²) in [6, 6.07) is 11.1. The topological polar surface area (TPSA) is 73.6 Å². The minimum Gasteiger partial charge on any atom is -0.399 e. The van der Waals surface area contributed by atoms with Gasteiger partial charge in [-0.05, 0) is 17.7 Å². The number of anilines is 1. The largest absolute Gasteiger partial charge is 0.399 e. The first-order valence-electron chi connectivity index (χ1n) is 3.90. The minimum atomic E-state index is -0.342. The van der Waals surface area contributed by atoms with Crippen LogP contribution in [-0.2, 0) is 0 Å². The Labute approximate surface area is 77.0 Å². The fourth-order valence-corrected chi connectivity index (χ4v) is 1.06. The van der Waals surface area contributed by atoms with Crippen LogP contribution in [0.3, 0.4) is 0 Å². The Hall–Kier alpha value is -2.00. The highest BCUT2D eigenvalue weighted by molar-refractivity contribution is 5.41. The lowest BCUT2D eigenvalue weighted by atomic mass is 9.98. The zero-order chi connectivity index (χ0) is 9.68. The zero-order valence-electron chi connectivity index (χ0n) is 7.07. The van der Waals surface area contributed by atoms with Crippen molar-refractivity contribution in [1.82, 2.24) is 0 Å². The van der Waals surface area contributed by atoms with Crippen molar-refractivity contribution in [2.75, 3.05) is 5.73 Å². The Bertz CT molecular complexity index is 353. The van der Waals surface area contributed by atoms with E-state index in [1.807, 2.05) is 6.07 Å². The Kier molecular flexibility index (Phi) is 2.89. The number of nitriles is 2. The van der Waals surface area contributed by atoms with E-state index in [-0.39, 0.29) is 12.3 Å². The molecule has 1 aromatic carbocycles. The molecule has 1 rings (SSSR count). The molecule has 0 saturated carbocycles. The second-order valence-electron chi connectivity index (χ2n) is 2.71. The molecular weight excluding hydrogens is 162 g/mol. The third kappa shape index (κ3) is 2.21. The van der Waals surface area contributed by atoms with Crippen LogP contribution in [0.1, 0.15) is 17.9 Å². The number of hydrogen-bond acceptors (Lipinski definition) is 3. The van der Waals surface area contributed by atoms with Crippen LogP contribution < -0.4 is 5.73 Å². The molecule has 0 bridgehead atoms. The van der Waals surface area contributed by atoms with Gasteiger partial charge in [-0.25, -0.2) is 0 Å². The van der Waals surface area contributed by atoms with Crippen molar-refractivity contribution in [1.29, 1.82) is 10.5 Å². The normalized spacial score (nSPS) is 11.2. The molecule has 0 aromatic heterocycles. The molecule has 0 aliphatic rings. The first kappa shape index (κ1) is 9.09. The van der Waals surface area contributed by atoms with E-state index in [4.69, 9.17) is 16.3 Å². The maximum absolute atomic E-state index is 8.75. The van der Waals surface area contributed by atoms with Crippen molar-refractivity contribution in [3.05, 3.63) is 29.8 Å². The summed E-state index contributed by atoms with van der Waals surface area (Å²) in [5.41, 5.74) is 7.00. The van der Waals surface area contributed by atoms with E-state index < -0.39 is 0 Å². The van der Waals surface area contributed by atoms with Crippen molar-refractivity contribution in [2.45, 2.75) is 12.3 Å². The average Bonchev–Trinajstić information content (AvgIpc) is 2.16. The highest BCUT2D eigenvalue weighted by Gasteiger charge is 2.08. The van der Waals surface area contributed by atoms with E-state index in [1.165, 1.54) is 0 Å². The number of hydrogen-bond donors (Lipinski definition) is 1. The SMILES string of the molecule is N#CCC(C#N)c1ccc(N)cc1. The van der Waals surface area contributed by atoms with Gasteiger partial charge in [0.2, 0.25) is 0 Å². The minimum absolute atomic E-state index is 0.223. The number of rotatable bonds is 2. The van der Waals surface area contributed by atoms with E-state index in [1.54, 1.807) is 24.3 Å². The molecule has 1 aromatic rings. The van der Waals surface area contributed by atoms with Crippen molar-refractivity contribution in [2.24, 2.45) is 0 Å². The van der Waals surface area contributed by atoms with E-state index >= 15 is 0 Å². The van der Waals surface area contributed by atoms with Crippen LogP contribution >= 0.6 is 0 Å². The summed E-state index contributed by atoms with van der Waals surface area (Å²) in [4.78, 5) is 0. The van der Waals surface area contributed by atoms with Gasteiger partial charge in [0.15, 0.2) is 0 Å². The monoisotopic (exact) mass is 171 g/mol. The fourth-order valence-electron chi connectivity index (χ4n) is 1.06. The molecule has 0 spiro atoms. The summed E-state index contributed by atoms with van der Waals surface area (Å²) in [7, 11) is 0. The van der Waals surface area contributed by atoms with Gasteiger partial charge in [-0.2, -0.15) is 10.5 Å². The molecular formula is C10H9N3. The Morgan fingerprint density at radius 2 is 1.85 bits per heavy atom. The third-order valence-corrected chi connectivity index (χ3v) is 1.79.